The highest BCUT2D eigenvalue weighted by Gasteiger charge is 2.26. The van der Waals surface area contributed by atoms with Gasteiger partial charge in [-0.1, -0.05) is 37.8 Å². The van der Waals surface area contributed by atoms with Gasteiger partial charge in [-0.2, -0.15) is 5.26 Å². The molecular formula is C26H30N6O2S3. The summed E-state index contributed by atoms with van der Waals surface area (Å²) in [6, 6.07) is 5.59. The Kier molecular flexibility index (Phi) is 9.18. The first-order chi connectivity index (χ1) is 17.9. The average Bonchev–Trinajstić information content (AvgIpc) is 3.61. The van der Waals surface area contributed by atoms with E-state index in [-0.39, 0.29) is 23.6 Å². The van der Waals surface area contributed by atoms with Crippen molar-refractivity contribution in [1.82, 2.24) is 20.1 Å². The Morgan fingerprint density at radius 1 is 1.32 bits per heavy atom. The second-order valence-electron chi connectivity index (χ2n) is 9.24. The minimum atomic E-state index is -0.333. The predicted molar refractivity (Wildman–Crippen MR) is 149 cm³/mol. The van der Waals surface area contributed by atoms with E-state index in [0.29, 0.717) is 45.3 Å². The number of fused-ring (bicyclic) bond motifs is 1. The van der Waals surface area contributed by atoms with Crippen LogP contribution in [0, 0.1) is 17.2 Å². The van der Waals surface area contributed by atoms with Crippen LogP contribution in [0.2, 0.25) is 0 Å². The van der Waals surface area contributed by atoms with E-state index in [1.54, 1.807) is 12.1 Å². The summed E-state index contributed by atoms with van der Waals surface area (Å²) in [4.78, 5) is 27.5. The molecule has 0 fully saturated rings. The monoisotopic (exact) mass is 554 g/mol. The lowest BCUT2D eigenvalue weighted by Crippen LogP contribution is -2.31. The maximum atomic E-state index is 12.8. The highest BCUT2D eigenvalue weighted by atomic mass is 32.2. The zero-order chi connectivity index (χ0) is 26.4. The Hall–Kier alpha value is -2.94. The van der Waals surface area contributed by atoms with Gasteiger partial charge in [0.1, 0.15) is 11.1 Å². The van der Waals surface area contributed by atoms with Gasteiger partial charge in [-0.05, 0) is 55.0 Å². The number of hydrogen-bond acceptors (Lipinski definition) is 8. The number of aromatic nitrogens is 3. The Balaban J connectivity index is 1.48. The summed E-state index contributed by atoms with van der Waals surface area (Å²) in [7, 11) is 0. The number of thioether (sulfide) groups is 1. The molecule has 0 spiro atoms. The summed E-state index contributed by atoms with van der Waals surface area (Å²) in [5.41, 5.74) is 1.70. The number of nitrogens with one attached hydrogen (secondary N) is 2. The van der Waals surface area contributed by atoms with Crippen LogP contribution in [0.1, 0.15) is 70.7 Å². The van der Waals surface area contributed by atoms with Gasteiger partial charge >= 0.3 is 0 Å². The zero-order valence-corrected chi connectivity index (χ0v) is 23.4. The van der Waals surface area contributed by atoms with E-state index >= 15 is 0 Å². The first kappa shape index (κ1) is 27.1. The van der Waals surface area contributed by atoms with Crippen LogP contribution in [0.25, 0.3) is 0 Å². The van der Waals surface area contributed by atoms with Crippen LogP contribution < -0.4 is 10.6 Å². The molecule has 4 rings (SSSR count). The second kappa shape index (κ2) is 12.5. The van der Waals surface area contributed by atoms with E-state index in [9.17, 15) is 14.9 Å². The van der Waals surface area contributed by atoms with Crippen LogP contribution in [-0.2, 0) is 24.2 Å². The molecule has 194 valence electrons. The fourth-order valence-electron chi connectivity index (χ4n) is 4.37. The molecule has 0 bridgehead atoms. The van der Waals surface area contributed by atoms with Crippen LogP contribution >= 0.6 is 34.4 Å². The molecule has 0 aliphatic heterocycles. The average molecular weight is 555 g/mol. The van der Waals surface area contributed by atoms with E-state index < -0.39 is 0 Å². The Morgan fingerprint density at radius 2 is 2.14 bits per heavy atom. The van der Waals surface area contributed by atoms with Gasteiger partial charge in [0, 0.05) is 11.4 Å². The van der Waals surface area contributed by atoms with Crippen molar-refractivity contribution < 1.29 is 9.59 Å². The van der Waals surface area contributed by atoms with E-state index in [0.717, 1.165) is 31.2 Å². The Labute approximate surface area is 229 Å². The van der Waals surface area contributed by atoms with Crippen molar-refractivity contribution in [3.05, 3.63) is 56.9 Å². The first-order valence-electron chi connectivity index (χ1n) is 12.3. The molecule has 2 amide bonds. The van der Waals surface area contributed by atoms with Crippen molar-refractivity contribution >= 4 is 51.3 Å². The van der Waals surface area contributed by atoms with Crippen LogP contribution in [0.5, 0.6) is 0 Å². The number of amides is 2. The molecule has 37 heavy (non-hydrogen) atoms. The molecule has 3 heterocycles. The summed E-state index contributed by atoms with van der Waals surface area (Å²) in [6.07, 6.45) is 6.50. The van der Waals surface area contributed by atoms with E-state index in [1.807, 2.05) is 16.0 Å². The van der Waals surface area contributed by atoms with Gasteiger partial charge in [-0.15, -0.1) is 39.4 Å². The van der Waals surface area contributed by atoms with Crippen molar-refractivity contribution in [3.63, 3.8) is 0 Å². The molecule has 1 aliphatic rings. The third kappa shape index (κ3) is 6.50. The molecule has 0 unspecified atom stereocenters. The molecule has 1 aliphatic carbocycles. The molecule has 8 nitrogen and oxygen atoms in total. The van der Waals surface area contributed by atoms with Gasteiger partial charge in [-0.3, -0.25) is 9.59 Å². The largest absolute Gasteiger partial charge is 0.341 e. The number of allylic oxidation sites excluding steroid dienone is 1. The SMILES string of the molecule is C=CCn1c(SCC(=O)Nc2sc3c(c2C#N)CCCC3)nnc1[C@H](CC(C)C)NC(=O)c1cccs1. The number of carbonyl (C=O) groups excluding carboxylic acids is 2. The lowest BCUT2D eigenvalue weighted by Gasteiger charge is -2.20. The number of aryl methyl sites for hydroxylation is 1. The molecular weight excluding hydrogens is 525 g/mol. The topological polar surface area (TPSA) is 113 Å². The van der Waals surface area contributed by atoms with Gasteiger partial charge in [0.2, 0.25) is 5.91 Å². The maximum absolute atomic E-state index is 12.8. The molecule has 0 saturated carbocycles. The molecule has 1 atom stereocenters. The van der Waals surface area contributed by atoms with Crippen molar-refractivity contribution in [2.24, 2.45) is 5.92 Å². The maximum Gasteiger partial charge on any atom is 0.261 e. The van der Waals surface area contributed by atoms with Gasteiger partial charge in [0.25, 0.3) is 5.91 Å². The summed E-state index contributed by atoms with van der Waals surface area (Å²) in [5.74, 6) is 0.738. The third-order valence-corrected chi connectivity index (χ3v) is 9.04. The van der Waals surface area contributed by atoms with Gasteiger partial charge in [0.05, 0.1) is 22.2 Å². The number of carbonyl (C=O) groups is 2. The molecule has 3 aromatic heterocycles. The summed E-state index contributed by atoms with van der Waals surface area (Å²) in [5, 5.41) is 27.6. The van der Waals surface area contributed by atoms with Crippen LogP contribution in [0.15, 0.2) is 35.3 Å². The van der Waals surface area contributed by atoms with Gasteiger partial charge < -0.3 is 15.2 Å². The van der Waals surface area contributed by atoms with Gasteiger partial charge in [-0.25, -0.2) is 0 Å². The summed E-state index contributed by atoms with van der Waals surface area (Å²) < 4.78 is 1.90. The minimum absolute atomic E-state index is 0.124. The molecule has 0 saturated heterocycles. The number of hydrogen-bond donors (Lipinski definition) is 2. The quantitative estimate of drug-likeness (QED) is 0.236. The predicted octanol–water partition coefficient (Wildman–Crippen LogP) is 5.59. The third-order valence-electron chi connectivity index (χ3n) is 5.99. The van der Waals surface area contributed by atoms with Crippen molar-refractivity contribution in [2.75, 3.05) is 11.1 Å². The molecule has 0 radical (unpaired) electrons. The standard InChI is InChI=1S/C26H30N6O2S3/c1-4-11-32-23(19(13-16(2)3)28-24(34)21-10-7-12-35-21)30-31-26(32)36-15-22(33)29-25-18(14-27)17-8-5-6-9-20(17)37-25/h4,7,10,12,16,19H,1,5-6,8-9,11,13,15H2,2-3H3,(H,28,34)(H,29,33)/t19-/m0/s1. The number of nitriles is 1. The molecule has 3 aromatic rings. The number of nitrogens with zero attached hydrogens (tertiary/aromatic N) is 4. The zero-order valence-electron chi connectivity index (χ0n) is 21.0. The van der Waals surface area contributed by atoms with E-state index in [1.165, 1.54) is 39.3 Å². The smallest absolute Gasteiger partial charge is 0.261 e. The Morgan fingerprint density at radius 3 is 2.84 bits per heavy atom. The summed E-state index contributed by atoms with van der Waals surface area (Å²) >= 11 is 4.18. The van der Waals surface area contributed by atoms with Crippen LogP contribution in [0.3, 0.4) is 0 Å². The van der Waals surface area contributed by atoms with Crippen molar-refractivity contribution in [1.29, 1.82) is 5.26 Å². The molecule has 11 heteroatoms. The fraction of sp³-hybridized carbons (Fsp3) is 0.423. The molecule has 0 aromatic carbocycles. The highest BCUT2D eigenvalue weighted by Crippen LogP contribution is 2.37. The fourth-order valence-corrected chi connectivity index (χ4v) is 7.01. The first-order valence-corrected chi connectivity index (χ1v) is 14.9. The van der Waals surface area contributed by atoms with Crippen LogP contribution in [-0.4, -0.2) is 32.3 Å². The van der Waals surface area contributed by atoms with Crippen LogP contribution in [0.4, 0.5) is 5.00 Å². The Bertz CT molecular complexity index is 1300. The van der Waals surface area contributed by atoms with Crippen molar-refractivity contribution in [2.45, 2.75) is 63.7 Å². The van der Waals surface area contributed by atoms with Crippen molar-refractivity contribution in [3.8, 4) is 6.07 Å². The highest BCUT2D eigenvalue weighted by molar-refractivity contribution is 7.99. The lowest BCUT2D eigenvalue weighted by molar-refractivity contribution is -0.113. The second-order valence-corrected chi connectivity index (χ2v) is 12.2. The number of thiophene rings is 2. The van der Waals surface area contributed by atoms with E-state index in [2.05, 4.69) is 47.3 Å². The molecule has 2 N–H and O–H groups in total. The summed E-state index contributed by atoms with van der Waals surface area (Å²) in [6.45, 7) is 8.50. The lowest BCUT2D eigenvalue weighted by atomic mass is 9.96. The minimum Gasteiger partial charge on any atom is -0.341 e. The van der Waals surface area contributed by atoms with E-state index in [4.69, 9.17) is 0 Å². The number of anilines is 1. The normalized spacial score (nSPS) is 13.6. The van der Waals surface area contributed by atoms with Gasteiger partial charge in [0.15, 0.2) is 11.0 Å². The number of rotatable bonds is 11.